The summed E-state index contributed by atoms with van der Waals surface area (Å²) in [5.74, 6) is -1.44. The number of carboxylic acid groups (broad SMARTS) is 1. The number of hydrogen-bond acceptors (Lipinski definition) is 3. The third-order valence-electron chi connectivity index (χ3n) is 2.25. The molecule has 0 fully saturated rings. The summed E-state index contributed by atoms with van der Waals surface area (Å²) in [7, 11) is 0. The van der Waals surface area contributed by atoms with E-state index in [9.17, 15) is 9.59 Å². The van der Waals surface area contributed by atoms with Gasteiger partial charge < -0.3 is 14.8 Å². The van der Waals surface area contributed by atoms with Gasteiger partial charge in [-0.3, -0.25) is 4.79 Å². The van der Waals surface area contributed by atoms with Gasteiger partial charge in [0.1, 0.15) is 0 Å². The van der Waals surface area contributed by atoms with Crippen molar-refractivity contribution in [1.82, 2.24) is 0 Å². The Hall–Kier alpha value is -2.27. The predicted octanol–water partition coefficient (Wildman–Crippen LogP) is 2.88. The highest BCUT2D eigenvalue weighted by Gasteiger charge is 2.13. The van der Waals surface area contributed by atoms with E-state index in [2.05, 4.69) is 5.32 Å². The summed E-state index contributed by atoms with van der Waals surface area (Å²) >= 11 is 5.66. The Kier molecular flexibility index (Phi) is 3.34. The molecular formula is C12H8ClNO4. The fraction of sp³-hybridized carbons (Fsp3) is 0. The van der Waals surface area contributed by atoms with E-state index in [1.54, 1.807) is 0 Å². The van der Waals surface area contributed by atoms with E-state index >= 15 is 0 Å². The molecule has 0 spiro atoms. The summed E-state index contributed by atoms with van der Waals surface area (Å²) in [5, 5.41) is 11.3. The van der Waals surface area contributed by atoms with Crippen molar-refractivity contribution in [2.45, 2.75) is 0 Å². The molecule has 0 aliphatic rings. The Morgan fingerprint density at radius 1 is 1.17 bits per heavy atom. The topological polar surface area (TPSA) is 79.5 Å². The smallest absolute Gasteiger partial charge is 0.335 e. The van der Waals surface area contributed by atoms with E-state index in [0.29, 0.717) is 5.69 Å². The second-order valence-electron chi connectivity index (χ2n) is 3.44. The quantitative estimate of drug-likeness (QED) is 0.894. The molecule has 0 radical (unpaired) electrons. The molecule has 1 aromatic heterocycles. The molecule has 1 amide bonds. The SMILES string of the molecule is O=C(O)c1ccc(NC(=O)c2ccoc2Cl)cc1. The standard InChI is InChI=1S/C12H8ClNO4/c13-10-9(5-6-18-10)11(15)14-8-3-1-7(2-4-8)12(16)17/h1-6H,(H,14,15)(H,16,17). The van der Waals surface area contributed by atoms with Crippen molar-refractivity contribution in [1.29, 1.82) is 0 Å². The maximum absolute atomic E-state index is 11.7. The summed E-state index contributed by atoms with van der Waals surface area (Å²) in [4.78, 5) is 22.4. The molecule has 1 aromatic carbocycles. The number of amides is 1. The Labute approximate surface area is 107 Å². The van der Waals surface area contributed by atoms with Crippen molar-refractivity contribution in [3.8, 4) is 0 Å². The van der Waals surface area contributed by atoms with Crippen LogP contribution in [0.4, 0.5) is 5.69 Å². The molecule has 6 heteroatoms. The van der Waals surface area contributed by atoms with Crippen LogP contribution in [0.15, 0.2) is 41.0 Å². The zero-order valence-corrected chi connectivity index (χ0v) is 9.77. The highest BCUT2D eigenvalue weighted by molar-refractivity contribution is 6.32. The van der Waals surface area contributed by atoms with Crippen molar-refractivity contribution in [3.05, 3.63) is 52.9 Å². The molecule has 0 aliphatic heterocycles. The second-order valence-corrected chi connectivity index (χ2v) is 3.79. The lowest BCUT2D eigenvalue weighted by molar-refractivity contribution is 0.0696. The molecular weight excluding hydrogens is 258 g/mol. The number of anilines is 1. The predicted molar refractivity (Wildman–Crippen MR) is 65.1 cm³/mol. The van der Waals surface area contributed by atoms with E-state index in [4.69, 9.17) is 21.1 Å². The number of furan rings is 1. The largest absolute Gasteiger partial charge is 0.478 e. The van der Waals surface area contributed by atoms with Crippen LogP contribution < -0.4 is 5.32 Å². The van der Waals surface area contributed by atoms with Crippen LogP contribution in [0.3, 0.4) is 0 Å². The molecule has 0 unspecified atom stereocenters. The molecule has 0 aliphatic carbocycles. The first-order chi connectivity index (χ1) is 8.58. The monoisotopic (exact) mass is 265 g/mol. The normalized spacial score (nSPS) is 10.1. The van der Waals surface area contributed by atoms with Gasteiger partial charge in [-0.25, -0.2) is 4.79 Å². The first-order valence-corrected chi connectivity index (χ1v) is 5.33. The molecule has 0 bridgehead atoms. The van der Waals surface area contributed by atoms with Crippen LogP contribution in [0.1, 0.15) is 20.7 Å². The van der Waals surface area contributed by atoms with E-state index in [1.807, 2.05) is 0 Å². The average Bonchev–Trinajstić information content (AvgIpc) is 2.76. The van der Waals surface area contributed by atoms with Gasteiger partial charge >= 0.3 is 5.97 Å². The number of carbonyl (C=O) groups excluding carboxylic acids is 1. The summed E-state index contributed by atoms with van der Waals surface area (Å²) in [5.41, 5.74) is 0.843. The number of carbonyl (C=O) groups is 2. The van der Waals surface area contributed by atoms with Gasteiger partial charge in [-0.05, 0) is 41.9 Å². The van der Waals surface area contributed by atoms with Crippen molar-refractivity contribution < 1.29 is 19.1 Å². The maximum Gasteiger partial charge on any atom is 0.335 e. The second kappa shape index (κ2) is 4.93. The number of carboxylic acids is 1. The number of nitrogens with one attached hydrogen (secondary N) is 1. The molecule has 2 rings (SSSR count). The average molecular weight is 266 g/mol. The van der Waals surface area contributed by atoms with Gasteiger partial charge in [-0.2, -0.15) is 0 Å². The molecule has 2 aromatic rings. The number of benzene rings is 1. The van der Waals surface area contributed by atoms with Crippen molar-refractivity contribution >= 4 is 29.2 Å². The van der Waals surface area contributed by atoms with Crippen molar-refractivity contribution in [2.24, 2.45) is 0 Å². The lowest BCUT2D eigenvalue weighted by atomic mass is 10.2. The molecule has 2 N–H and O–H groups in total. The fourth-order valence-electron chi connectivity index (χ4n) is 1.35. The van der Waals surface area contributed by atoms with Crippen LogP contribution in [-0.4, -0.2) is 17.0 Å². The van der Waals surface area contributed by atoms with Gasteiger partial charge in [0.15, 0.2) is 0 Å². The minimum atomic E-state index is -1.02. The highest BCUT2D eigenvalue weighted by Crippen LogP contribution is 2.18. The van der Waals surface area contributed by atoms with Crippen molar-refractivity contribution in [2.75, 3.05) is 5.32 Å². The van der Waals surface area contributed by atoms with Crippen LogP contribution in [0.2, 0.25) is 5.22 Å². The Bertz CT molecular complexity index is 588. The molecule has 1 heterocycles. The van der Waals surface area contributed by atoms with Gasteiger partial charge in [0.05, 0.1) is 17.4 Å². The third-order valence-corrected chi connectivity index (χ3v) is 2.55. The summed E-state index contributed by atoms with van der Waals surface area (Å²) in [6.45, 7) is 0. The minimum absolute atomic E-state index is 0.00894. The van der Waals surface area contributed by atoms with Crippen LogP contribution in [0, 0.1) is 0 Å². The molecule has 0 saturated carbocycles. The van der Waals surface area contributed by atoms with Crippen LogP contribution in [0.25, 0.3) is 0 Å². The number of rotatable bonds is 3. The Morgan fingerprint density at radius 3 is 2.33 bits per heavy atom. The number of hydrogen-bond donors (Lipinski definition) is 2. The molecule has 0 atom stereocenters. The fourth-order valence-corrected chi connectivity index (χ4v) is 1.55. The first kappa shape index (κ1) is 12.2. The molecule has 18 heavy (non-hydrogen) atoms. The lowest BCUT2D eigenvalue weighted by Crippen LogP contribution is -2.11. The van der Waals surface area contributed by atoms with E-state index < -0.39 is 11.9 Å². The number of halogens is 1. The zero-order valence-electron chi connectivity index (χ0n) is 9.01. The van der Waals surface area contributed by atoms with Gasteiger partial charge in [0.25, 0.3) is 5.91 Å². The molecule has 0 saturated heterocycles. The molecule has 5 nitrogen and oxygen atoms in total. The van der Waals surface area contributed by atoms with Crippen LogP contribution >= 0.6 is 11.6 Å². The maximum atomic E-state index is 11.7. The van der Waals surface area contributed by atoms with Gasteiger partial charge in [0, 0.05) is 5.69 Å². The zero-order chi connectivity index (χ0) is 13.1. The van der Waals surface area contributed by atoms with E-state index in [-0.39, 0.29) is 16.3 Å². The molecule has 92 valence electrons. The Morgan fingerprint density at radius 2 is 1.83 bits per heavy atom. The van der Waals surface area contributed by atoms with Crippen molar-refractivity contribution in [3.63, 3.8) is 0 Å². The van der Waals surface area contributed by atoms with Gasteiger partial charge in [-0.1, -0.05) is 0 Å². The summed E-state index contributed by atoms with van der Waals surface area (Å²) in [6.07, 6.45) is 1.31. The number of aromatic carboxylic acids is 1. The van der Waals surface area contributed by atoms with Crippen LogP contribution in [0.5, 0.6) is 0 Å². The summed E-state index contributed by atoms with van der Waals surface area (Å²) < 4.78 is 4.80. The Balaban J connectivity index is 2.13. The van der Waals surface area contributed by atoms with Gasteiger partial charge in [-0.15, -0.1) is 0 Å². The lowest BCUT2D eigenvalue weighted by Gasteiger charge is -2.04. The van der Waals surface area contributed by atoms with E-state index in [0.717, 1.165) is 0 Å². The van der Waals surface area contributed by atoms with E-state index in [1.165, 1.54) is 36.6 Å². The third kappa shape index (κ3) is 2.52. The van der Waals surface area contributed by atoms with Crippen LogP contribution in [-0.2, 0) is 0 Å². The van der Waals surface area contributed by atoms with Gasteiger partial charge in [0.2, 0.25) is 5.22 Å². The summed E-state index contributed by atoms with van der Waals surface area (Å²) in [6, 6.07) is 7.23. The highest BCUT2D eigenvalue weighted by atomic mass is 35.5. The minimum Gasteiger partial charge on any atom is -0.478 e. The first-order valence-electron chi connectivity index (χ1n) is 4.95.